The first-order chi connectivity index (χ1) is 4.12. The summed E-state index contributed by atoms with van der Waals surface area (Å²) < 4.78 is 20.0. The van der Waals surface area contributed by atoms with E-state index < -0.39 is 10.2 Å². The van der Waals surface area contributed by atoms with Gasteiger partial charge in [0.25, 0.3) is 0 Å². The van der Waals surface area contributed by atoms with E-state index in [9.17, 15) is 4.21 Å². The van der Waals surface area contributed by atoms with Crippen LogP contribution in [0.25, 0.3) is 0 Å². The van der Waals surface area contributed by atoms with E-state index in [1.54, 1.807) is 0 Å². The molecule has 2 nitrogen and oxygen atoms in total. The van der Waals surface area contributed by atoms with Crippen molar-refractivity contribution in [1.29, 1.82) is 0 Å². The first-order valence-electron chi connectivity index (χ1n) is 3.43. The van der Waals surface area contributed by atoms with Crippen LogP contribution in [0.2, 0.25) is 0 Å². The lowest BCUT2D eigenvalue weighted by atomic mass is 10.6. The van der Waals surface area contributed by atoms with Crippen LogP contribution in [0.3, 0.4) is 0 Å². The van der Waals surface area contributed by atoms with Gasteiger partial charge in [0.2, 0.25) is 0 Å². The van der Waals surface area contributed by atoms with E-state index in [-0.39, 0.29) is 0 Å². The monoisotopic (exact) mass is 152 g/mol. The quantitative estimate of drug-likeness (QED) is 0.596. The molecule has 0 spiro atoms. The lowest BCUT2D eigenvalue weighted by molar-refractivity contribution is 0.536. The molecule has 0 aliphatic rings. The molecule has 0 saturated carbocycles. The minimum Gasteiger partial charge on any atom is -0.305 e. The molecule has 0 rings (SSSR count). The van der Waals surface area contributed by atoms with Gasteiger partial charge in [-0.1, -0.05) is 13.8 Å². The summed E-state index contributed by atoms with van der Waals surface area (Å²) in [5.41, 5.74) is 0. The van der Waals surface area contributed by atoms with Crippen molar-refractivity contribution < 1.29 is 8.76 Å². The Morgan fingerprint density at radius 3 is 1.78 bits per heavy atom. The van der Waals surface area contributed by atoms with Gasteiger partial charge in [-0.25, -0.2) is 4.21 Å². The van der Waals surface area contributed by atoms with Gasteiger partial charge in [0.05, 0.1) is 0 Å². The predicted octanol–water partition coefficient (Wildman–Crippen LogP) is 1.30. The SMILES string of the molecule is CCC[SH](=O)(O)CCC. The molecule has 1 N–H and O–H groups in total. The summed E-state index contributed by atoms with van der Waals surface area (Å²) in [7, 11) is -2.69. The van der Waals surface area contributed by atoms with E-state index in [4.69, 9.17) is 4.55 Å². The van der Waals surface area contributed by atoms with Crippen molar-refractivity contribution in [2.24, 2.45) is 0 Å². The van der Waals surface area contributed by atoms with Crippen molar-refractivity contribution in [2.45, 2.75) is 26.7 Å². The molecule has 0 bridgehead atoms. The van der Waals surface area contributed by atoms with Crippen molar-refractivity contribution in [1.82, 2.24) is 0 Å². The maximum absolute atomic E-state index is 11.0. The lowest BCUT2D eigenvalue weighted by Crippen LogP contribution is -2.18. The number of hydrogen-bond donors (Lipinski definition) is 2. The number of hydrogen-bond acceptors (Lipinski definition) is 1. The van der Waals surface area contributed by atoms with Gasteiger partial charge < -0.3 is 4.55 Å². The van der Waals surface area contributed by atoms with Gasteiger partial charge in [-0.2, -0.15) is 10.2 Å². The molecular weight excluding hydrogens is 136 g/mol. The molecule has 3 heteroatoms. The summed E-state index contributed by atoms with van der Waals surface area (Å²) in [6.45, 7) is 3.86. The zero-order chi connectivity index (χ0) is 7.33. The van der Waals surface area contributed by atoms with E-state index in [0.717, 1.165) is 12.8 Å². The molecule has 0 aliphatic carbocycles. The van der Waals surface area contributed by atoms with Gasteiger partial charge in [-0.05, 0) is 12.8 Å². The molecular formula is C6H16O2S. The average Bonchev–Trinajstić information content (AvgIpc) is 1.64. The van der Waals surface area contributed by atoms with Crippen molar-refractivity contribution in [3.05, 3.63) is 0 Å². The van der Waals surface area contributed by atoms with Gasteiger partial charge in [-0.15, -0.1) is 0 Å². The highest BCUT2D eigenvalue weighted by Crippen LogP contribution is 2.02. The van der Waals surface area contributed by atoms with Crippen molar-refractivity contribution in [3.8, 4) is 0 Å². The van der Waals surface area contributed by atoms with Gasteiger partial charge >= 0.3 is 0 Å². The number of thiol groups is 1. The Balaban J connectivity index is 3.58. The molecule has 0 unspecified atom stereocenters. The molecule has 0 amide bonds. The summed E-state index contributed by atoms with van der Waals surface area (Å²) >= 11 is 0. The zero-order valence-corrected chi connectivity index (χ0v) is 7.03. The second kappa shape index (κ2) is 4.01. The Morgan fingerprint density at radius 1 is 1.22 bits per heavy atom. The first-order valence-corrected chi connectivity index (χ1v) is 5.46. The highest BCUT2D eigenvalue weighted by atomic mass is 32.3. The van der Waals surface area contributed by atoms with Crippen LogP contribution < -0.4 is 0 Å². The molecule has 0 heterocycles. The minimum atomic E-state index is -2.69. The molecule has 0 aliphatic heterocycles. The fourth-order valence-electron chi connectivity index (χ4n) is 0.811. The summed E-state index contributed by atoms with van der Waals surface area (Å²) in [6, 6.07) is 0. The van der Waals surface area contributed by atoms with Crippen LogP contribution in [0.4, 0.5) is 0 Å². The fraction of sp³-hybridized carbons (Fsp3) is 1.00. The number of rotatable bonds is 4. The second-order valence-corrected chi connectivity index (χ2v) is 4.88. The molecule has 0 aromatic heterocycles. The largest absolute Gasteiger partial charge is 0.305 e. The third-order valence-electron chi connectivity index (χ3n) is 1.15. The molecule has 0 atom stereocenters. The average molecular weight is 152 g/mol. The van der Waals surface area contributed by atoms with Crippen molar-refractivity contribution >= 4 is 10.2 Å². The Hall–Kier alpha value is 0.110. The highest BCUT2D eigenvalue weighted by molar-refractivity contribution is 7.97. The normalized spacial score (nSPS) is 13.7. The molecule has 0 radical (unpaired) electrons. The standard InChI is InChI=1S/C6H16O2S/c1-3-5-9(7,8)6-4-2/h9H,3-6H2,1-2H3,(H,7,8). The van der Waals surface area contributed by atoms with Crippen LogP contribution in [0.1, 0.15) is 26.7 Å². The summed E-state index contributed by atoms with van der Waals surface area (Å²) in [6.07, 6.45) is 1.63. The maximum atomic E-state index is 11.0. The van der Waals surface area contributed by atoms with Crippen molar-refractivity contribution in [2.75, 3.05) is 11.5 Å². The second-order valence-electron chi connectivity index (χ2n) is 2.29. The predicted molar refractivity (Wildman–Crippen MR) is 42.5 cm³/mol. The third-order valence-corrected chi connectivity index (χ3v) is 3.44. The third kappa shape index (κ3) is 4.60. The first kappa shape index (κ1) is 9.11. The Bertz CT molecular complexity index is 102. The van der Waals surface area contributed by atoms with E-state index >= 15 is 0 Å². The zero-order valence-electron chi connectivity index (χ0n) is 6.13. The van der Waals surface area contributed by atoms with Crippen LogP contribution in [-0.2, 0) is 10.2 Å². The lowest BCUT2D eigenvalue weighted by Gasteiger charge is -2.20. The summed E-state index contributed by atoms with van der Waals surface area (Å²) in [5.74, 6) is 0.974. The molecule has 9 heavy (non-hydrogen) atoms. The smallest absolute Gasteiger partial charge is 0.0313 e. The van der Waals surface area contributed by atoms with Crippen LogP contribution >= 0.6 is 0 Å². The minimum absolute atomic E-state index is 0.487. The Labute approximate surface area is 57.9 Å². The summed E-state index contributed by atoms with van der Waals surface area (Å²) in [4.78, 5) is 0. The molecule has 0 fully saturated rings. The molecule has 0 saturated heterocycles. The topological polar surface area (TPSA) is 37.3 Å². The van der Waals surface area contributed by atoms with Gasteiger partial charge in [0.15, 0.2) is 0 Å². The van der Waals surface area contributed by atoms with E-state index in [1.165, 1.54) is 0 Å². The van der Waals surface area contributed by atoms with Gasteiger partial charge in [0.1, 0.15) is 0 Å². The van der Waals surface area contributed by atoms with Gasteiger partial charge in [0, 0.05) is 11.5 Å². The molecule has 0 aromatic carbocycles. The highest BCUT2D eigenvalue weighted by Gasteiger charge is 2.00. The van der Waals surface area contributed by atoms with E-state index in [2.05, 4.69) is 0 Å². The van der Waals surface area contributed by atoms with Crippen LogP contribution in [-0.4, -0.2) is 20.3 Å². The fourth-order valence-corrected chi connectivity index (χ4v) is 2.43. The van der Waals surface area contributed by atoms with E-state index in [0.29, 0.717) is 11.5 Å². The Morgan fingerprint density at radius 2 is 1.56 bits per heavy atom. The van der Waals surface area contributed by atoms with Crippen LogP contribution in [0.15, 0.2) is 0 Å². The maximum Gasteiger partial charge on any atom is 0.0313 e. The van der Waals surface area contributed by atoms with Crippen molar-refractivity contribution in [3.63, 3.8) is 0 Å². The van der Waals surface area contributed by atoms with Crippen LogP contribution in [0.5, 0.6) is 0 Å². The Kier molecular flexibility index (Phi) is 4.06. The van der Waals surface area contributed by atoms with Gasteiger partial charge in [-0.3, -0.25) is 0 Å². The van der Waals surface area contributed by atoms with Crippen LogP contribution in [0, 0.1) is 0 Å². The summed E-state index contributed by atoms with van der Waals surface area (Å²) in [5, 5.41) is 0. The molecule has 0 aromatic rings. The molecule has 58 valence electrons. The van der Waals surface area contributed by atoms with E-state index in [1.807, 2.05) is 13.8 Å².